The molecular formula is C7H7FIN3O. The van der Waals surface area contributed by atoms with Gasteiger partial charge in [0.05, 0.1) is 22.9 Å². The third kappa shape index (κ3) is 1.54. The summed E-state index contributed by atoms with van der Waals surface area (Å²) in [7, 11) is 0. The molecule has 1 amide bonds. The summed E-state index contributed by atoms with van der Waals surface area (Å²) in [4.78, 5) is 13.0. The number of halogens is 2. The van der Waals surface area contributed by atoms with Gasteiger partial charge in [-0.2, -0.15) is 5.10 Å². The summed E-state index contributed by atoms with van der Waals surface area (Å²) in [5.74, 6) is -0.171. The monoisotopic (exact) mass is 295 g/mol. The maximum Gasteiger partial charge on any atom is 0.273 e. The van der Waals surface area contributed by atoms with E-state index in [-0.39, 0.29) is 19.0 Å². The van der Waals surface area contributed by atoms with Crippen LogP contribution in [-0.4, -0.2) is 40.3 Å². The Balaban J connectivity index is 2.10. The van der Waals surface area contributed by atoms with Crippen molar-refractivity contribution in [1.82, 2.24) is 15.1 Å². The number of carbonyl (C=O) groups is 1. The number of carbonyl (C=O) groups excluding carboxylic acids is 1. The molecule has 2 rings (SSSR count). The second-order valence-electron chi connectivity index (χ2n) is 2.90. The van der Waals surface area contributed by atoms with Crippen LogP contribution in [0.15, 0.2) is 6.20 Å². The Morgan fingerprint density at radius 2 is 2.46 bits per heavy atom. The van der Waals surface area contributed by atoms with Gasteiger partial charge in [0.2, 0.25) is 0 Å². The lowest BCUT2D eigenvalue weighted by molar-refractivity contribution is 0.0393. The number of nitrogens with zero attached hydrogens (tertiary/aromatic N) is 2. The predicted molar refractivity (Wildman–Crippen MR) is 52.1 cm³/mol. The van der Waals surface area contributed by atoms with Crippen LogP contribution in [0.5, 0.6) is 0 Å². The molecule has 1 aromatic rings. The van der Waals surface area contributed by atoms with Gasteiger partial charge in [0, 0.05) is 0 Å². The third-order valence-electron chi connectivity index (χ3n) is 1.93. The molecule has 13 heavy (non-hydrogen) atoms. The van der Waals surface area contributed by atoms with Gasteiger partial charge in [-0.15, -0.1) is 0 Å². The topological polar surface area (TPSA) is 49.0 Å². The third-order valence-corrected chi connectivity index (χ3v) is 2.75. The molecule has 0 bridgehead atoms. The maximum atomic E-state index is 12.4. The fourth-order valence-electron chi connectivity index (χ4n) is 1.17. The van der Waals surface area contributed by atoms with Crippen molar-refractivity contribution in [2.75, 3.05) is 13.1 Å². The van der Waals surface area contributed by atoms with Crippen molar-refractivity contribution in [2.45, 2.75) is 6.17 Å². The van der Waals surface area contributed by atoms with Gasteiger partial charge >= 0.3 is 0 Å². The standard InChI is InChI=1S/C7H7FIN3O/c8-4-2-12(3-4)7(13)6-5(9)1-10-11-6/h1,4H,2-3H2,(H,10,11). The summed E-state index contributed by atoms with van der Waals surface area (Å²) < 4.78 is 13.2. The first-order valence-corrected chi connectivity index (χ1v) is 4.88. The molecule has 0 radical (unpaired) electrons. The van der Waals surface area contributed by atoms with E-state index in [9.17, 15) is 9.18 Å². The van der Waals surface area contributed by atoms with Crippen LogP contribution in [0.3, 0.4) is 0 Å². The number of hydrogen-bond donors (Lipinski definition) is 1. The van der Waals surface area contributed by atoms with Crippen LogP contribution >= 0.6 is 22.6 Å². The molecule has 1 aliphatic heterocycles. The van der Waals surface area contributed by atoms with E-state index in [1.54, 1.807) is 6.20 Å². The van der Waals surface area contributed by atoms with Crippen LogP contribution in [0.1, 0.15) is 10.5 Å². The largest absolute Gasteiger partial charge is 0.331 e. The van der Waals surface area contributed by atoms with Gasteiger partial charge in [0.1, 0.15) is 11.9 Å². The van der Waals surface area contributed by atoms with Gasteiger partial charge < -0.3 is 4.90 Å². The fraction of sp³-hybridized carbons (Fsp3) is 0.429. The lowest BCUT2D eigenvalue weighted by Crippen LogP contribution is -2.51. The summed E-state index contributed by atoms with van der Waals surface area (Å²) in [6.07, 6.45) is 0.713. The number of nitrogens with one attached hydrogen (secondary N) is 1. The van der Waals surface area contributed by atoms with E-state index in [1.807, 2.05) is 22.6 Å². The minimum atomic E-state index is -0.857. The van der Waals surface area contributed by atoms with Crippen LogP contribution in [0, 0.1) is 3.57 Å². The van der Waals surface area contributed by atoms with Gasteiger partial charge in [0.25, 0.3) is 5.91 Å². The molecule has 0 aliphatic carbocycles. The van der Waals surface area contributed by atoms with Gasteiger partial charge in [-0.05, 0) is 22.6 Å². The summed E-state index contributed by atoms with van der Waals surface area (Å²) in [5.41, 5.74) is 0.451. The number of amides is 1. The van der Waals surface area contributed by atoms with E-state index < -0.39 is 6.17 Å². The number of H-pyrrole nitrogens is 1. The molecule has 1 N–H and O–H groups in total. The lowest BCUT2D eigenvalue weighted by Gasteiger charge is -2.33. The van der Waals surface area contributed by atoms with Gasteiger partial charge in [-0.25, -0.2) is 4.39 Å². The van der Waals surface area contributed by atoms with Gasteiger partial charge in [-0.3, -0.25) is 9.89 Å². The Kier molecular flexibility index (Phi) is 2.22. The highest BCUT2D eigenvalue weighted by molar-refractivity contribution is 14.1. The second-order valence-corrected chi connectivity index (χ2v) is 4.06. The molecule has 2 heterocycles. The average molecular weight is 295 g/mol. The predicted octanol–water partition coefficient (Wildman–Crippen LogP) is 0.808. The van der Waals surface area contributed by atoms with Crippen LogP contribution in [-0.2, 0) is 0 Å². The van der Waals surface area contributed by atoms with Crippen molar-refractivity contribution in [2.24, 2.45) is 0 Å². The molecule has 0 saturated carbocycles. The molecule has 1 fully saturated rings. The van der Waals surface area contributed by atoms with Crippen LogP contribution in [0.25, 0.3) is 0 Å². The molecule has 0 spiro atoms. The van der Waals surface area contributed by atoms with Crippen LogP contribution in [0.2, 0.25) is 0 Å². The smallest absolute Gasteiger partial charge is 0.273 e. The van der Waals surface area contributed by atoms with Crippen molar-refractivity contribution in [1.29, 1.82) is 0 Å². The molecule has 0 unspecified atom stereocenters. The second kappa shape index (κ2) is 3.24. The molecule has 6 heteroatoms. The molecule has 0 atom stereocenters. The van der Waals surface area contributed by atoms with E-state index >= 15 is 0 Å². The first-order chi connectivity index (χ1) is 6.18. The Bertz CT molecular complexity index is 334. The van der Waals surface area contributed by atoms with Crippen molar-refractivity contribution in [3.63, 3.8) is 0 Å². The highest BCUT2D eigenvalue weighted by Crippen LogP contribution is 2.17. The number of alkyl halides is 1. The summed E-state index contributed by atoms with van der Waals surface area (Å²) in [6, 6.07) is 0. The summed E-state index contributed by atoms with van der Waals surface area (Å²) >= 11 is 2.01. The van der Waals surface area contributed by atoms with Crippen LogP contribution in [0.4, 0.5) is 4.39 Å². The molecule has 1 aromatic heterocycles. The van der Waals surface area contributed by atoms with Crippen molar-refractivity contribution >= 4 is 28.5 Å². The summed E-state index contributed by atoms with van der Waals surface area (Å²) in [5, 5.41) is 6.33. The van der Waals surface area contributed by atoms with Crippen molar-refractivity contribution in [3.05, 3.63) is 15.5 Å². The number of likely N-dealkylation sites (tertiary alicyclic amines) is 1. The number of aromatic nitrogens is 2. The first-order valence-electron chi connectivity index (χ1n) is 3.80. The number of rotatable bonds is 1. The van der Waals surface area contributed by atoms with E-state index in [4.69, 9.17) is 0 Å². The molecule has 1 aliphatic rings. The maximum absolute atomic E-state index is 12.4. The van der Waals surface area contributed by atoms with Crippen molar-refractivity contribution in [3.8, 4) is 0 Å². The fourth-order valence-corrected chi connectivity index (χ4v) is 1.66. The highest BCUT2D eigenvalue weighted by atomic mass is 127. The van der Waals surface area contributed by atoms with Gasteiger partial charge in [0.15, 0.2) is 0 Å². The Labute approximate surface area is 87.6 Å². The van der Waals surface area contributed by atoms with E-state index in [1.165, 1.54) is 4.90 Å². The number of aromatic amines is 1. The molecular weight excluding hydrogens is 288 g/mol. The lowest BCUT2D eigenvalue weighted by atomic mass is 10.2. The van der Waals surface area contributed by atoms with E-state index in [0.717, 1.165) is 3.57 Å². The quantitative estimate of drug-likeness (QED) is 0.779. The highest BCUT2D eigenvalue weighted by Gasteiger charge is 2.32. The number of hydrogen-bond acceptors (Lipinski definition) is 2. The average Bonchev–Trinajstić information content (AvgIpc) is 2.44. The minimum Gasteiger partial charge on any atom is -0.331 e. The zero-order valence-corrected chi connectivity index (χ0v) is 8.79. The molecule has 0 aromatic carbocycles. The minimum absolute atomic E-state index is 0.171. The first kappa shape index (κ1) is 8.92. The normalized spacial score (nSPS) is 17.2. The van der Waals surface area contributed by atoms with E-state index in [0.29, 0.717) is 5.69 Å². The van der Waals surface area contributed by atoms with E-state index in [2.05, 4.69) is 10.2 Å². The molecule has 70 valence electrons. The Morgan fingerprint density at radius 1 is 1.77 bits per heavy atom. The van der Waals surface area contributed by atoms with Gasteiger partial charge in [-0.1, -0.05) is 0 Å². The Hall–Kier alpha value is -0.660. The SMILES string of the molecule is O=C(c1[nH]ncc1I)N1CC(F)C1. The molecule has 1 saturated heterocycles. The van der Waals surface area contributed by atoms with Crippen molar-refractivity contribution < 1.29 is 9.18 Å². The zero-order chi connectivity index (χ0) is 9.42. The zero-order valence-electron chi connectivity index (χ0n) is 6.63. The Morgan fingerprint density at radius 3 is 2.92 bits per heavy atom. The summed E-state index contributed by atoms with van der Waals surface area (Å²) in [6.45, 7) is 0.405. The van der Waals surface area contributed by atoms with Crippen LogP contribution < -0.4 is 0 Å². The molecule has 4 nitrogen and oxygen atoms in total.